The van der Waals surface area contributed by atoms with E-state index in [1.807, 2.05) is 0 Å². The van der Waals surface area contributed by atoms with Crippen molar-refractivity contribution in [2.75, 3.05) is 37.7 Å². The molecule has 1 atom stereocenters. The molecule has 1 N–H and O–H groups in total. The van der Waals surface area contributed by atoms with E-state index in [1.54, 1.807) is 0 Å². The topological polar surface area (TPSA) is 15.3 Å². The van der Waals surface area contributed by atoms with Gasteiger partial charge in [0.1, 0.15) is 0 Å². The van der Waals surface area contributed by atoms with E-state index in [0.29, 0.717) is 5.41 Å². The highest BCUT2D eigenvalue weighted by Crippen LogP contribution is 2.40. The Bertz CT molecular complexity index is 256. The molecule has 2 aliphatic rings. The predicted molar refractivity (Wildman–Crippen MR) is 87.0 cm³/mol. The SMILES string of the molecule is CCNCC1(CN2CCSCC2C)CCC(C)CC1. The fraction of sp³-hybridized carbons (Fsp3) is 1.00. The third-order valence-corrected chi connectivity index (χ3v) is 6.32. The maximum atomic E-state index is 3.65. The van der Waals surface area contributed by atoms with Crippen molar-refractivity contribution in [3.63, 3.8) is 0 Å². The number of nitrogens with zero attached hydrogens (tertiary/aromatic N) is 1. The maximum Gasteiger partial charge on any atom is 0.0158 e. The van der Waals surface area contributed by atoms with Crippen molar-refractivity contribution in [1.29, 1.82) is 0 Å². The zero-order valence-electron chi connectivity index (χ0n) is 13.1. The molecule has 0 radical (unpaired) electrons. The first-order valence-electron chi connectivity index (χ1n) is 8.18. The summed E-state index contributed by atoms with van der Waals surface area (Å²) in [4.78, 5) is 2.77. The summed E-state index contributed by atoms with van der Waals surface area (Å²) < 4.78 is 0. The fourth-order valence-electron chi connectivity index (χ4n) is 3.58. The number of nitrogens with one attached hydrogen (secondary N) is 1. The minimum absolute atomic E-state index is 0.554. The Hall–Kier alpha value is 0.270. The molecule has 0 spiro atoms. The van der Waals surface area contributed by atoms with Crippen molar-refractivity contribution >= 4 is 11.8 Å². The zero-order valence-corrected chi connectivity index (χ0v) is 13.9. The molecule has 1 aliphatic carbocycles. The number of hydrogen-bond acceptors (Lipinski definition) is 3. The highest BCUT2D eigenvalue weighted by atomic mass is 32.2. The van der Waals surface area contributed by atoms with Crippen molar-refractivity contribution < 1.29 is 0 Å². The second-order valence-electron chi connectivity index (χ2n) is 6.86. The van der Waals surface area contributed by atoms with E-state index in [-0.39, 0.29) is 0 Å². The summed E-state index contributed by atoms with van der Waals surface area (Å²) in [5.74, 6) is 3.61. The minimum atomic E-state index is 0.554. The van der Waals surface area contributed by atoms with Gasteiger partial charge in [-0.05, 0) is 37.6 Å². The van der Waals surface area contributed by atoms with Crippen molar-refractivity contribution in [3.8, 4) is 0 Å². The Morgan fingerprint density at radius 1 is 1.26 bits per heavy atom. The van der Waals surface area contributed by atoms with E-state index in [1.165, 1.54) is 56.8 Å². The lowest BCUT2D eigenvalue weighted by Crippen LogP contribution is -2.51. The first kappa shape index (κ1) is 15.7. The third kappa shape index (κ3) is 4.37. The Labute approximate surface area is 124 Å². The molecule has 112 valence electrons. The molecule has 0 aromatic heterocycles. The van der Waals surface area contributed by atoms with Crippen LogP contribution >= 0.6 is 11.8 Å². The molecule has 1 aliphatic heterocycles. The van der Waals surface area contributed by atoms with Crippen LogP contribution in [0.2, 0.25) is 0 Å². The zero-order chi connectivity index (χ0) is 13.7. The van der Waals surface area contributed by atoms with Gasteiger partial charge in [0, 0.05) is 37.2 Å². The normalized spacial score (nSPS) is 37.4. The van der Waals surface area contributed by atoms with Crippen LogP contribution < -0.4 is 5.32 Å². The van der Waals surface area contributed by atoms with Crippen LogP contribution in [-0.2, 0) is 0 Å². The van der Waals surface area contributed by atoms with Crippen LogP contribution in [0, 0.1) is 11.3 Å². The average molecular weight is 285 g/mol. The number of rotatable bonds is 5. The molecule has 3 heteroatoms. The monoisotopic (exact) mass is 284 g/mol. The van der Waals surface area contributed by atoms with Gasteiger partial charge in [0.15, 0.2) is 0 Å². The lowest BCUT2D eigenvalue weighted by molar-refractivity contribution is 0.0739. The lowest BCUT2D eigenvalue weighted by Gasteiger charge is -2.45. The summed E-state index contributed by atoms with van der Waals surface area (Å²) in [5, 5.41) is 3.65. The highest BCUT2D eigenvalue weighted by Gasteiger charge is 2.36. The van der Waals surface area contributed by atoms with Crippen LogP contribution in [0.4, 0.5) is 0 Å². The quantitative estimate of drug-likeness (QED) is 0.834. The smallest absolute Gasteiger partial charge is 0.0158 e. The summed E-state index contributed by atoms with van der Waals surface area (Å²) in [6.45, 7) is 12.0. The van der Waals surface area contributed by atoms with E-state index < -0.39 is 0 Å². The van der Waals surface area contributed by atoms with Gasteiger partial charge in [-0.3, -0.25) is 4.90 Å². The van der Waals surface area contributed by atoms with Gasteiger partial charge < -0.3 is 5.32 Å². The van der Waals surface area contributed by atoms with Gasteiger partial charge in [0.25, 0.3) is 0 Å². The molecule has 1 saturated carbocycles. The fourth-order valence-corrected chi connectivity index (χ4v) is 4.66. The minimum Gasteiger partial charge on any atom is -0.316 e. The predicted octanol–water partition coefficient (Wildman–Crippen LogP) is 3.23. The Morgan fingerprint density at radius 2 is 2.00 bits per heavy atom. The van der Waals surface area contributed by atoms with Crippen LogP contribution in [0.3, 0.4) is 0 Å². The Morgan fingerprint density at radius 3 is 2.63 bits per heavy atom. The van der Waals surface area contributed by atoms with Gasteiger partial charge in [-0.2, -0.15) is 11.8 Å². The first-order chi connectivity index (χ1) is 9.15. The van der Waals surface area contributed by atoms with E-state index in [0.717, 1.165) is 18.5 Å². The molecular formula is C16H32N2S. The van der Waals surface area contributed by atoms with Gasteiger partial charge >= 0.3 is 0 Å². The molecule has 1 saturated heterocycles. The summed E-state index contributed by atoms with van der Waals surface area (Å²) in [7, 11) is 0. The van der Waals surface area contributed by atoms with Crippen LogP contribution in [0.1, 0.15) is 46.5 Å². The van der Waals surface area contributed by atoms with E-state index in [2.05, 4.69) is 42.7 Å². The molecule has 0 aromatic carbocycles. The molecule has 2 fully saturated rings. The first-order valence-corrected chi connectivity index (χ1v) is 9.33. The number of thioether (sulfide) groups is 1. The van der Waals surface area contributed by atoms with Crippen LogP contribution in [0.5, 0.6) is 0 Å². The molecule has 19 heavy (non-hydrogen) atoms. The van der Waals surface area contributed by atoms with Crippen LogP contribution in [0.25, 0.3) is 0 Å². The molecule has 0 amide bonds. The lowest BCUT2D eigenvalue weighted by atomic mass is 9.70. The van der Waals surface area contributed by atoms with Crippen LogP contribution in [-0.4, -0.2) is 48.6 Å². The van der Waals surface area contributed by atoms with E-state index in [4.69, 9.17) is 0 Å². The Balaban J connectivity index is 1.96. The van der Waals surface area contributed by atoms with Gasteiger partial charge in [-0.1, -0.05) is 26.7 Å². The van der Waals surface area contributed by atoms with Gasteiger partial charge in [0.2, 0.25) is 0 Å². The molecule has 2 nitrogen and oxygen atoms in total. The van der Waals surface area contributed by atoms with Gasteiger partial charge in [-0.15, -0.1) is 0 Å². The summed E-state index contributed by atoms with van der Waals surface area (Å²) >= 11 is 2.13. The van der Waals surface area contributed by atoms with Crippen molar-refractivity contribution in [2.45, 2.75) is 52.5 Å². The average Bonchev–Trinajstić information content (AvgIpc) is 2.42. The standard InChI is InChI=1S/C16H32N2S/c1-4-17-12-16(7-5-14(2)6-8-16)13-18-9-10-19-11-15(18)3/h14-15,17H,4-13H2,1-3H3. The number of hydrogen-bond donors (Lipinski definition) is 1. The third-order valence-electron chi connectivity index (χ3n) is 5.13. The second kappa shape index (κ2) is 7.33. The molecule has 0 bridgehead atoms. The second-order valence-corrected chi connectivity index (χ2v) is 8.01. The van der Waals surface area contributed by atoms with Gasteiger partial charge in [0.05, 0.1) is 0 Å². The molecule has 1 heterocycles. The van der Waals surface area contributed by atoms with E-state index in [9.17, 15) is 0 Å². The van der Waals surface area contributed by atoms with Gasteiger partial charge in [-0.25, -0.2) is 0 Å². The maximum absolute atomic E-state index is 3.65. The van der Waals surface area contributed by atoms with Crippen molar-refractivity contribution in [2.24, 2.45) is 11.3 Å². The highest BCUT2D eigenvalue weighted by molar-refractivity contribution is 7.99. The summed E-state index contributed by atoms with van der Waals surface area (Å²) in [6, 6.07) is 0.775. The van der Waals surface area contributed by atoms with Crippen molar-refractivity contribution in [1.82, 2.24) is 10.2 Å². The summed E-state index contributed by atoms with van der Waals surface area (Å²) in [5.41, 5.74) is 0.554. The van der Waals surface area contributed by atoms with Crippen LogP contribution in [0.15, 0.2) is 0 Å². The van der Waals surface area contributed by atoms with E-state index >= 15 is 0 Å². The Kier molecular flexibility index (Phi) is 6.04. The molecule has 1 unspecified atom stereocenters. The van der Waals surface area contributed by atoms with Crippen molar-refractivity contribution in [3.05, 3.63) is 0 Å². The largest absolute Gasteiger partial charge is 0.316 e. The molecule has 2 rings (SSSR count). The molecule has 0 aromatic rings. The summed E-state index contributed by atoms with van der Waals surface area (Å²) in [6.07, 6.45) is 5.72. The molecular weight excluding hydrogens is 252 g/mol.